The highest BCUT2D eigenvalue weighted by Crippen LogP contribution is 2.30. The molecule has 1 aromatic carbocycles. The molecule has 0 bridgehead atoms. The lowest BCUT2D eigenvalue weighted by Gasteiger charge is -2.35. The Morgan fingerprint density at radius 1 is 1.15 bits per heavy atom. The first-order chi connectivity index (χ1) is 12.1. The maximum Gasteiger partial charge on any atom is 0.228 e. The van der Waals surface area contributed by atoms with Crippen molar-refractivity contribution in [3.05, 3.63) is 23.8 Å². The van der Waals surface area contributed by atoms with Crippen LogP contribution < -0.4 is 20.1 Å². The van der Waals surface area contributed by atoms with Crippen LogP contribution >= 0.6 is 12.4 Å². The summed E-state index contributed by atoms with van der Waals surface area (Å²) in [6.07, 6.45) is 3.40. The van der Waals surface area contributed by atoms with Crippen LogP contribution in [0.15, 0.2) is 18.2 Å². The van der Waals surface area contributed by atoms with Crippen molar-refractivity contribution in [2.45, 2.75) is 25.7 Å². The quantitative estimate of drug-likeness (QED) is 0.637. The summed E-state index contributed by atoms with van der Waals surface area (Å²) in [7, 11) is 4.92. The molecule has 7 heteroatoms. The van der Waals surface area contributed by atoms with Crippen molar-refractivity contribution in [1.29, 1.82) is 0 Å². The molecule has 0 saturated carbocycles. The lowest BCUT2D eigenvalue weighted by Crippen LogP contribution is -2.50. The van der Waals surface area contributed by atoms with Crippen molar-refractivity contribution in [2.75, 3.05) is 47.6 Å². The zero-order valence-electron chi connectivity index (χ0n) is 15.9. The minimum Gasteiger partial charge on any atom is -0.493 e. The molecule has 1 aliphatic heterocycles. The number of halogens is 1. The van der Waals surface area contributed by atoms with Crippen LogP contribution in [-0.2, 0) is 16.0 Å². The highest BCUT2D eigenvalue weighted by atomic mass is 35.5. The number of nitrogens with one attached hydrogen (secondary N) is 2. The summed E-state index contributed by atoms with van der Waals surface area (Å²) >= 11 is 0. The summed E-state index contributed by atoms with van der Waals surface area (Å²) in [6.45, 7) is 2.87. The fourth-order valence-electron chi connectivity index (χ4n) is 3.34. The first kappa shape index (κ1) is 22.5. The van der Waals surface area contributed by atoms with Crippen LogP contribution in [0.2, 0.25) is 0 Å². The van der Waals surface area contributed by atoms with Gasteiger partial charge in [0.05, 0.1) is 26.2 Å². The van der Waals surface area contributed by atoms with Crippen LogP contribution in [0.4, 0.5) is 0 Å². The van der Waals surface area contributed by atoms with E-state index in [1.165, 1.54) is 5.56 Å². The molecule has 2 rings (SSSR count). The molecule has 0 radical (unpaired) electrons. The molecule has 1 fully saturated rings. The van der Waals surface area contributed by atoms with Gasteiger partial charge in [0.25, 0.3) is 0 Å². The zero-order chi connectivity index (χ0) is 18.1. The second kappa shape index (κ2) is 11.3. The molecule has 1 heterocycles. The highest BCUT2D eigenvalue weighted by molar-refractivity contribution is 5.85. The number of piperidine rings is 1. The highest BCUT2D eigenvalue weighted by Gasteiger charge is 2.39. The number of rotatable bonds is 9. The molecule has 2 N–H and O–H groups in total. The van der Waals surface area contributed by atoms with E-state index in [4.69, 9.17) is 14.2 Å². The standard InChI is InChI=1S/C19H30N2O4.ClH/c1-23-14-19(8-11-20-12-9-19)18(22)21-10-4-5-15-6-7-16(24-2)17(13-15)25-3;/h6-7,13,20H,4-5,8-12,14H2,1-3H3,(H,21,22);1H. The Bertz CT molecular complexity index is 557. The van der Waals surface area contributed by atoms with E-state index in [0.29, 0.717) is 13.2 Å². The number of hydrogen-bond acceptors (Lipinski definition) is 5. The van der Waals surface area contributed by atoms with Gasteiger partial charge in [0.2, 0.25) is 5.91 Å². The smallest absolute Gasteiger partial charge is 0.228 e. The van der Waals surface area contributed by atoms with E-state index in [0.717, 1.165) is 50.3 Å². The molecule has 1 saturated heterocycles. The van der Waals surface area contributed by atoms with Crippen LogP contribution in [-0.4, -0.2) is 53.5 Å². The Morgan fingerprint density at radius 3 is 2.46 bits per heavy atom. The second-order valence-electron chi connectivity index (χ2n) is 6.51. The van der Waals surface area contributed by atoms with E-state index in [9.17, 15) is 4.79 Å². The van der Waals surface area contributed by atoms with E-state index in [1.807, 2.05) is 18.2 Å². The van der Waals surface area contributed by atoms with Crippen LogP contribution in [0.5, 0.6) is 11.5 Å². The van der Waals surface area contributed by atoms with Gasteiger partial charge in [-0.25, -0.2) is 0 Å². The molecule has 0 unspecified atom stereocenters. The summed E-state index contributed by atoms with van der Waals surface area (Å²) < 4.78 is 15.9. The number of ether oxygens (including phenoxy) is 3. The van der Waals surface area contributed by atoms with Crippen molar-refractivity contribution in [3.8, 4) is 11.5 Å². The monoisotopic (exact) mass is 386 g/mol. The van der Waals surface area contributed by atoms with Crippen molar-refractivity contribution in [2.24, 2.45) is 5.41 Å². The molecule has 1 amide bonds. The Labute approximate surface area is 162 Å². The third-order valence-electron chi connectivity index (χ3n) is 4.84. The third-order valence-corrected chi connectivity index (χ3v) is 4.84. The van der Waals surface area contributed by atoms with Crippen molar-refractivity contribution in [1.82, 2.24) is 10.6 Å². The normalized spacial score (nSPS) is 15.7. The van der Waals surface area contributed by atoms with Gasteiger partial charge >= 0.3 is 0 Å². The van der Waals surface area contributed by atoms with Gasteiger partial charge in [-0.3, -0.25) is 4.79 Å². The van der Waals surface area contributed by atoms with E-state index in [-0.39, 0.29) is 23.7 Å². The topological polar surface area (TPSA) is 68.8 Å². The molecule has 1 aromatic rings. The van der Waals surface area contributed by atoms with Crippen LogP contribution in [0, 0.1) is 5.41 Å². The van der Waals surface area contributed by atoms with Gasteiger partial charge < -0.3 is 24.8 Å². The first-order valence-electron chi connectivity index (χ1n) is 8.84. The average molecular weight is 387 g/mol. The Balaban J connectivity index is 0.00000338. The number of methoxy groups -OCH3 is 3. The van der Waals surface area contributed by atoms with E-state index in [1.54, 1.807) is 21.3 Å². The molecular formula is C19H31ClN2O4. The molecule has 6 nitrogen and oxygen atoms in total. The zero-order valence-corrected chi connectivity index (χ0v) is 16.7. The summed E-state index contributed by atoms with van der Waals surface area (Å²) in [5, 5.41) is 6.40. The minimum atomic E-state index is -0.386. The Hall–Kier alpha value is -1.50. The fraction of sp³-hybridized carbons (Fsp3) is 0.632. The van der Waals surface area contributed by atoms with Gasteiger partial charge in [-0.05, 0) is 56.5 Å². The van der Waals surface area contributed by atoms with Gasteiger partial charge in [-0.2, -0.15) is 0 Å². The summed E-state index contributed by atoms with van der Waals surface area (Å²) in [5.74, 6) is 1.58. The summed E-state index contributed by atoms with van der Waals surface area (Å²) in [6, 6.07) is 5.93. The van der Waals surface area contributed by atoms with E-state index < -0.39 is 0 Å². The van der Waals surface area contributed by atoms with Gasteiger partial charge in [-0.1, -0.05) is 6.07 Å². The largest absolute Gasteiger partial charge is 0.493 e. The molecule has 26 heavy (non-hydrogen) atoms. The average Bonchev–Trinajstić information content (AvgIpc) is 2.65. The Morgan fingerprint density at radius 2 is 1.85 bits per heavy atom. The number of carbonyl (C=O) groups is 1. The molecule has 0 atom stereocenters. The van der Waals surface area contributed by atoms with Crippen LogP contribution in [0.3, 0.4) is 0 Å². The van der Waals surface area contributed by atoms with Crippen LogP contribution in [0.25, 0.3) is 0 Å². The third kappa shape index (κ3) is 5.76. The lowest BCUT2D eigenvalue weighted by molar-refractivity contribution is -0.136. The maximum atomic E-state index is 12.6. The Kier molecular flexibility index (Phi) is 9.76. The lowest BCUT2D eigenvalue weighted by atomic mass is 9.78. The summed E-state index contributed by atoms with van der Waals surface area (Å²) in [4.78, 5) is 12.6. The summed E-state index contributed by atoms with van der Waals surface area (Å²) in [5.41, 5.74) is 0.781. The van der Waals surface area contributed by atoms with E-state index >= 15 is 0 Å². The van der Waals surface area contributed by atoms with Gasteiger partial charge in [0.1, 0.15) is 0 Å². The molecular weight excluding hydrogens is 356 g/mol. The number of aryl methyl sites for hydroxylation is 1. The molecule has 0 aliphatic carbocycles. The predicted molar refractivity (Wildman–Crippen MR) is 105 cm³/mol. The number of carbonyl (C=O) groups excluding carboxylic acids is 1. The number of amides is 1. The van der Waals surface area contributed by atoms with Gasteiger partial charge in [0.15, 0.2) is 11.5 Å². The second-order valence-corrected chi connectivity index (χ2v) is 6.51. The predicted octanol–water partition coefficient (Wildman–Crippen LogP) is 2.19. The molecule has 0 spiro atoms. The van der Waals surface area contributed by atoms with Crippen molar-refractivity contribution in [3.63, 3.8) is 0 Å². The van der Waals surface area contributed by atoms with Gasteiger partial charge in [0, 0.05) is 13.7 Å². The molecule has 0 aromatic heterocycles. The first-order valence-corrected chi connectivity index (χ1v) is 8.84. The number of benzene rings is 1. The maximum absolute atomic E-state index is 12.6. The van der Waals surface area contributed by atoms with Crippen molar-refractivity contribution < 1.29 is 19.0 Å². The number of hydrogen-bond donors (Lipinski definition) is 2. The molecule has 1 aliphatic rings. The van der Waals surface area contributed by atoms with E-state index in [2.05, 4.69) is 10.6 Å². The molecule has 148 valence electrons. The van der Waals surface area contributed by atoms with Gasteiger partial charge in [-0.15, -0.1) is 12.4 Å². The SMILES string of the molecule is COCC1(C(=O)NCCCc2ccc(OC)c(OC)c2)CCNCC1.Cl. The minimum absolute atomic E-state index is 0. The fourth-order valence-corrected chi connectivity index (χ4v) is 3.34. The van der Waals surface area contributed by atoms with Crippen LogP contribution in [0.1, 0.15) is 24.8 Å². The van der Waals surface area contributed by atoms with Crippen molar-refractivity contribution >= 4 is 18.3 Å².